The zero-order chi connectivity index (χ0) is 15.5. The lowest BCUT2D eigenvalue weighted by Gasteiger charge is -2.39. The normalized spacial score (nSPS) is 24.8. The van der Waals surface area contributed by atoms with Gasteiger partial charge in [0.2, 0.25) is 0 Å². The maximum atomic E-state index is 6.26. The van der Waals surface area contributed by atoms with Gasteiger partial charge in [-0.05, 0) is 68.0 Å². The monoisotopic (exact) mass is 308 g/mol. The second-order valence-corrected chi connectivity index (χ2v) is 7.95. The molecule has 1 aliphatic carbocycles. The van der Waals surface area contributed by atoms with Gasteiger partial charge in [0, 0.05) is 18.4 Å². The summed E-state index contributed by atoms with van der Waals surface area (Å²) in [5.41, 5.74) is 1.66. The lowest BCUT2D eigenvalue weighted by Crippen LogP contribution is -2.39. The molecular weight excluding hydrogens is 280 g/mol. The third-order valence-electron chi connectivity index (χ3n) is 5.23. The SMILES string of the molecule is CNC(Cc1ccncc1Cl)C1CCC(C(C)(C)C)CC1. The van der Waals surface area contributed by atoms with E-state index in [0.29, 0.717) is 11.5 Å². The third-order valence-corrected chi connectivity index (χ3v) is 5.57. The van der Waals surface area contributed by atoms with Gasteiger partial charge < -0.3 is 5.32 Å². The van der Waals surface area contributed by atoms with Crippen LogP contribution in [0, 0.1) is 17.3 Å². The molecular formula is C18H29ClN2. The predicted molar refractivity (Wildman–Crippen MR) is 90.7 cm³/mol. The minimum Gasteiger partial charge on any atom is -0.316 e. The van der Waals surface area contributed by atoms with Gasteiger partial charge in [0.1, 0.15) is 0 Å². The molecule has 1 heterocycles. The van der Waals surface area contributed by atoms with Gasteiger partial charge in [0.25, 0.3) is 0 Å². The van der Waals surface area contributed by atoms with E-state index in [9.17, 15) is 0 Å². The van der Waals surface area contributed by atoms with Crippen LogP contribution in [-0.2, 0) is 6.42 Å². The summed E-state index contributed by atoms with van der Waals surface area (Å²) in [5, 5.41) is 4.31. The quantitative estimate of drug-likeness (QED) is 0.870. The van der Waals surface area contributed by atoms with Crippen LogP contribution in [0.4, 0.5) is 0 Å². The predicted octanol–water partition coefficient (Wildman–Crippen LogP) is 4.72. The first-order chi connectivity index (χ1) is 9.91. The van der Waals surface area contributed by atoms with Crippen LogP contribution in [0.5, 0.6) is 0 Å². The van der Waals surface area contributed by atoms with Gasteiger partial charge in [-0.1, -0.05) is 32.4 Å². The molecule has 1 aliphatic rings. The molecule has 1 unspecified atom stereocenters. The molecule has 1 fully saturated rings. The number of likely N-dealkylation sites (N-methyl/N-ethyl adjacent to an activating group) is 1. The van der Waals surface area contributed by atoms with Crippen molar-refractivity contribution >= 4 is 11.6 Å². The molecule has 0 saturated heterocycles. The van der Waals surface area contributed by atoms with E-state index in [2.05, 4.69) is 38.1 Å². The van der Waals surface area contributed by atoms with Gasteiger partial charge in [0.15, 0.2) is 0 Å². The van der Waals surface area contributed by atoms with Crippen molar-refractivity contribution < 1.29 is 0 Å². The first kappa shape index (κ1) is 16.8. The number of hydrogen-bond acceptors (Lipinski definition) is 2. The molecule has 0 aliphatic heterocycles. The van der Waals surface area contributed by atoms with Crippen LogP contribution in [-0.4, -0.2) is 18.1 Å². The van der Waals surface area contributed by atoms with E-state index in [1.165, 1.54) is 31.2 Å². The summed E-state index contributed by atoms with van der Waals surface area (Å²) < 4.78 is 0. The largest absolute Gasteiger partial charge is 0.316 e. The molecule has 2 nitrogen and oxygen atoms in total. The molecule has 1 saturated carbocycles. The Morgan fingerprint density at radius 2 is 1.95 bits per heavy atom. The van der Waals surface area contributed by atoms with E-state index in [1.54, 1.807) is 6.20 Å². The van der Waals surface area contributed by atoms with E-state index in [0.717, 1.165) is 23.3 Å². The lowest BCUT2D eigenvalue weighted by atomic mass is 9.68. The molecule has 0 radical (unpaired) electrons. The van der Waals surface area contributed by atoms with E-state index < -0.39 is 0 Å². The second-order valence-electron chi connectivity index (χ2n) is 7.54. The molecule has 21 heavy (non-hydrogen) atoms. The summed E-state index contributed by atoms with van der Waals surface area (Å²) in [7, 11) is 2.08. The van der Waals surface area contributed by atoms with Gasteiger partial charge in [-0.15, -0.1) is 0 Å². The van der Waals surface area contributed by atoms with E-state index in [4.69, 9.17) is 11.6 Å². The fourth-order valence-corrected chi connectivity index (χ4v) is 3.89. The summed E-state index contributed by atoms with van der Waals surface area (Å²) in [6.45, 7) is 7.14. The van der Waals surface area contributed by atoms with Gasteiger partial charge in [0.05, 0.1) is 5.02 Å². The van der Waals surface area contributed by atoms with Crippen molar-refractivity contribution in [2.45, 2.75) is 58.9 Å². The Balaban J connectivity index is 1.96. The molecule has 1 aromatic rings. The van der Waals surface area contributed by atoms with Crippen LogP contribution >= 0.6 is 11.6 Å². The zero-order valence-corrected chi connectivity index (χ0v) is 14.6. The van der Waals surface area contributed by atoms with Gasteiger partial charge >= 0.3 is 0 Å². The Morgan fingerprint density at radius 3 is 2.48 bits per heavy atom. The summed E-state index contributed by atoms with van der Waals surface area (Å²) >= 11 is 6.26. The molecule has 118 valence electrons. The van der Waals surface area contributed by atoms with Crippen molar-refractivity contribution in [2.75, 3.05) is 7.05 Å². The standard InChI is InChI=1S/C18H29ClN2/c1-18(2,3)15-7-5-13(6-8-15)17(20-4)11-14-9-10-21-12-16(14)19/h9-10,12-13,15,17,20H,5-8,11H2,1-4H3. The topological polar surface area (TPSA) is 24.9 Å². The fourth-order valence-electron chi connectivity index (χ4n) is 3.70. The Hall–Kier alpha value is -0.600. The lowest BCUT2D eigenvalue weighted by molar-refractivity contribution is 0.134. The molecule has 0 amide bonds. The van der Waals surface area contributed by atoms with Crippen LogP contribution in [0.2, 0.25) is 5.02 Å². The smallest absolute Gasteiger partial charge is 0.0621 e. The average Bonchev–Trinajstić information content (AvgIpc) is 2.46. The average molecular weight is 309 g/mol. The number of hydrogen-bond donors (Lipinski definition) is 1. The highest BCUT2D eigenvalue weighted by Crippen LogP contribution is 2.41. The van der Waals surface area contributed by atoms with Crippen LogP contribution in [0.3, 0.4) is 0 Å². The number of halogens is 1. The molecule has 3 heteroatoms. The molecule has 0 bridgehead atoms. The van der Waals surface area contributed by atoms with Crippen LogP contribution in [0.25, 0.3) is 0 Å². The Kier molecular flexibility index (Phi) is 5.67. The number of rotatable bonds is 4. The first-order valence-corrected chi connectivity index (χ1v) is 8.55. The van der Waals surface area contributed by atoms with Crippen molar-refractivity contribution in [3.05, 3.63) is 29.0 Å². The summed E-state index contributed by atoms with van der Waals surface area (Å²) in [4.78, 5) is 4.08. The molecule has 1 aromatic heterocycles. The maximum Gasteiger partial charge on any atom is 0.0621 e. The van der Waals surface area contributed by atoms with Gasteiger partial charge in [-0.2, -0.15) is 0 Å². The van der Waals surface area contributed by atoms with E-state index in [1.807, 2.05) is 12.3 Å². The van der Waals surface area contributed by atoms with Crippen molar-refractivity contribution in [1.82, 2.24) is 10.3 Å². The summed E-state index contributed by atoms with van der Waals surface area (Å²) in [6, 6.07) is 2.57. The number of aromatic nitrogens is 1. The van der Waals surface area contributed by atoms with Crippen molar-refractivity contribution in [3.8, 4) is 0 Å². The minimum atomic E-state index is 0.453. The number of nitrogens with one attached hydrogen (secondary N) is 1. The highest BCUT2D eigenvalue weighted by molar-refractivity contribution is 6.31. The van der Waals surface area contributed by atoms with Gasteiger partial charge in [-0.25, -0.2) is 0 Å². The van der Waals surface area contributed by atoms with Crippen molar-refractivity contribution in [3.63, 3.8) is 0 Å². The van der Waals surface area contributed by atoms with Crippen molar-refractivity contribution in [2.24, 2.45) is 17.3 Å². The van der Waals surface area contributed by atoms with Gasteiger partial charge in [-0.3, -0.25) is 4.98 Å². The second kappa shape index (κ2) is 7.11. The third kappa shape index (κ3) is 4.43. The van der Waals surface area contributed by atoms with Crippen LogP contribution in [0.1, 0.15) is 52.0 Å². The Labute approximate surface area is 134 Å². The Bertz CT molecular complexity index is 445. The molecule has 0 spiro atoms. The molecule has 0 aromatic carbocycles. The highest BCUT2D eigenvalue weighted by Gasteiger charge is 2.32. The minimum absolute atomic E-state index is 0.453. The number of pyridine rings is 1. The van der Waals surface area contributed by atoms with Crippen molar-refractivity contribution in [1.29, 1.82) is 0 Å². The number of nitrogens with zero attached hydrogens (tertiary/aromatic N) is 1. The van der Waals surface area contributed by atoms with Crippen LogP contribution < -0.4 is 5.32 Å². The molecule has 1 N–H and O–H groups in total. The molecule has 2 rings (SSSR count). The summed E-state index contributed by atoms with van der Waals surface area (Å²) in [5.74, 6) is 1.63. The van der Waals surface area contributed by atoms with Crippen LogP contribution in [0.15, 0.2) is 18.5 Å². The first-order valence-electron chi connectivity index (χ1n) is 8.17. The fraction of sp³-hybridized carbons (Fsp3) is 0.722. The zero-order valence-electron chi connectivity index (χ0n) is 13.8. The molecule has 1 atom stereocenters. The maximum absolute atomic E-state index is 6.26. The van der Waals surface area contributed by atoms with E-state index >= 15 is 0 Å². The Morgan fingerprint density at radius 1 is 1.29 bits per heavy atom. The summed E-state index contributed by atoms with van der Waals surface area (Å²) in [6.07, 6.45) is 9.96. The van der Waals surface area contributed by atoms with E-state index in [-0.39, 0.29) is 0 Å². The highest BCUT2D eigenvalue weighted by atomic mass is 35.5.